The zero-order valence-electron chi connectivity index (χ0n) is 19.5. The largest absolute Gasteiger partial charge is 0.332 e. The molecule has 1 atom stereocenters. The number of hydrogen-bond donors (Lipinski definition) is 0. The van der Waals surface area contributed by atoms with E-state index < -0.39 is 17.1 Å². The lowest BCUT2D eigenvalue weighted by atomic mass is 9.75. The Hall–Kier alpha value is -3.55. The van der Waals surface area contributed by atoms with Crippen LogP contribution < -0.4 is 4.90 Å². The van der Waals surface area contributed by atoms with Crippen LogP contribution in [0.3, 0.4) is 0 Å². The minimum Gasteiger partial charge on any atom is -0.332 e. The summed E-state index contributed by atoms with van der Waals surface area (Å²) < 4.78 is 14.2. The molecule has 2 aromatic carbocycles. The Labute approximate surface area is 203 Å². The predicted molar refractivity (Wildman–Crippen MR) is 127 cm³/mol. The molecule has 0 bridgehead atoms. The molecule has 0 spiro atoms. The highest BCUT2D eigenvalue weighted by atomic mass is 19.1. The number of likely N-dealkylation sites (tertiary alicyclic amines) is 1. The number of carbonyl (C=O) groups is 4. The average molecular weight is 478 g/mol. The molecule has 5 rings (SSSR count). The fourth-order valence-electron chi connectivity index (χ4n) is 5.68. The first-order valence-electron chi connectivity index (χ1n) is 12.1. The summed E-state index contributed by atoms with van der Waals surface area (Å²) >= 11 is 0. The second kappa shape index (κ2) is 9.24. The Morgan fingerprint density at radius 1 is 0.943 bits per heavy atom. The Bertz CT molecular complexity index is 1160. The van der Waals surface area contributed by atoms with Crippen LogP contribution in [0.2, 0.25) is 0 Å². The Balaban J connectivity index is 1.40. The van der Waals surface area contributed by atoms with E-state index in [9.17, 15) is 23.6 Å². The van der Waals surface area contributed by atoms with Crippen LogP contribution in [0.4, 0.5) is 10.1 Å². The summed E-state index contributed by atoms with van der Waals surface area (Å²) in [6.07, 6.45) is 2.95. The molecule has 0 N–H and O–H groups in total. The van der Waals surface area contributed by atoms with Gasteiger partial charge in [-0.2, -0.15) is 0 Å². The van der Waals surface area contributed by atoms with Crippen molar-refractivity contribution in [1.82, 2.24) is 9.80 Å². The Morgan fingerprint density at radius 3 is 2.37 bits per heavy atom. The van der Waals surface area contributed by atoms with Crippen LogP contribution in [-0.4, -0.2) is 59.1 Å². The fraction of sp³-hybridized carbons (Fsp3) is 0.407. The lowest BCUT2D eigenvalue weighted by Crippen LogP contribution is -2.54. The van der Waals surface area contributed by atoms with Crippen molar-refractivity contribution in [3.05, 3.63) is 66.0 Å². The first-order valence-corrected chi connectivity index (χ1v) is 12.1. The monoisotopic (exact) mass is 477 g/mol. The summed E-state index contributed by atoms with van der Waals surface area (Å²) in [5, 5.41) is 0. The number of hydrogen-bond acceptors (Lipinski definition) is 4. The number of rotatable bonds is 5. The molecule has 0 aromatic heterocycles. The van der Waals surface area contributed by atoms with Gasteiger partial charge in [-0.25, -0.2) is 4.39 Å². The van der Waals surface area contributed by atoms with E-state index in [4.69, 9.17) is 0 Å². The van der Waals surface area contributed by atoms with Gasteiger partial charge in [0.05, 0.1) is 5.41 Å². The molecule has 2 aliphatic heterocycles. The molecule has 2 saturated heterocycles. The van der Waals surface area contributed by atoms with Crippen LogP contribution in [0.15, 0.2) is 54.6 Å². The average Bonchev–Trinajstić information content (AvgIpc) is 3.46. The van der Waals surface area contributed by atoms with Gasteiger partial charge in [0.25, 0.3) is 0 Å². The smallest absolute Gasteiger partial charge is 0.246 e. The van der Waals surface area contributed by atoms with Crippen molar-refractivity contribution in [2.45, 2.75) is 50.0 Å². The summed E-state index contributed by atoms with van der Waals surface area (Å²) in [4.78, 5) is 57.6. The fourth-order valence-corrected chi connectivity index (χ4v) is 5.68. The molecule has 1 unspecified atom stereocenters. The van der Waals surface area contributed by atoms with E-state index in [2.05, 4.69) is 0 Å². The Morgan fingerprint density at radius 2 is 1.69 bits per heavy atom. The Kier molecular flexibility index (Phi) is 6.13. The minimum absolute atomic E-state index is 0.110. The van der Waals surface area contributed by atoms with Gasteiger partial charge in [-0.05, 0) is 42.7 Å². The minimum atomic E-state index is -1.46. The molecular formula is C27H28FN3O4. The first-order chi connectivity index (χ1) is 16.9. The van der Waals surface area contributed by atoms with Crippen molar-refractivity contribution in [2.24, 2.45) is 0 Å². The van der Waals surface area contributed by atoms with Crippen LogP contribution in [0, 0.1) is 5.82 Å². The van der Waals surface area contributed by atoms with Crippen LogP contribution in [0.5, 0.6) is 0 Å². The van der Waals surface area contributed by atoms with Gasteiger partial charge >= 0.3 is 0 Å². The number of carbonyl (C=O) groups excluding carboxylic acids is 4. The van der Waals surface area contributed by atoms with Gasteiger partial charge in [0.2, 0.25) is 23.6 Å². The molecule has 35 heavy (non-hydrogen) atoms. The first kappa shape index (κ1) is 23.2. The SMILES string of the molecule is O=C(CC1(c2cccc(F)c2)CC(=O)N(C2CCCC2)C1=O)N1CCN(c2ccccc2)C(=O)C1. The second-order valence-corrected chi connectivity index (χ2v) is 9.65. The number of anilines is 1. The number of nitrogens with zero attached hydrogens (tertiary/aromatic N) is 3. The van der Waals surface area contributed by atoms with Gasteiger partial charge < -0.3 is 9.80 Å². The number of imide groups is 1. The highest BCUT2D eigenvalue weighted by Gasteiger charge is 2.56. The van der Waals surface area contributed by atoms with Crippen molar-refractivity contribution in [3.63, 3.8) is 0 Å². The van der Waals surface area contributed by atoms with Gasteiger partial charge in [-0.3, -0.25) is 24.1 Å². The lowest BCUT2D eigenvalue weighted by Gasteiger charge is -2.36. The molecule has 4 amide bonds. The highest BCUT2D eigenvalue weighted by molar-refractivity contribution is 6.11. The van der Waals surface area contributed by atoms with Gasteiger partial charge in [0, 0.05) is 37.7 Å². The summed E-state index contributed by atoms with van der Waals surface area (Å²) in [7, 11) is 0. The van der Waals surface area contributed by atoms with Crippen LogP contribution in [0.1, 0.15) is 44.1 Å². The van der Waals surface area contributed by atoms with Crippen molar-refractivity contribution in [3.8, 4) is 0 Å². The molecule has 3 fully saturated rings. The maximum atomic E-state index is 14.2. The predicted octanol–water partition coefficient (Wildman–Crippen LogP) is 3.03. The summed E-state index contributed by atoms with van der Waals surface area (Å²) in [6.45, 7) is 0.539. The third-order valence-electron chi connectivity index (χ3n) is 7.51. The third kappa shape index (κ3) is 4.22. The number of amides is 4. The second-order valence-electron chi connectivity index (χ2n) is 9.65. The van der Waals surface area contributed by atoms with E-state index in [1.165, 1.54) is 28.0 Å². The summed E-state index contributed by atoms with van der Waals surface area (Å²) in [6, 6.07) is 14.7. The molecule has 2 heterocycles. The molecule has 3 aliphatic rings. The van der Waals surface area contributed by atoms with Crippen LogP contribution in [0.25, 0.3) is 0 Å². The molecule has 1 saturated carbocycles. The standard InChI is InChI=1S/C27H28FN3O4/c28-20-8-6-7-19(15-20)27(17-24(33)31(26(27)35)22-11-4-5-12-22)16-23(32)29-13-14-30(25(34)18-29)21-9-2-1-3-10-21/h1-3,6-10,15,22H,4-5,11-14,16-18H2. The van der Waals surface area contributed by atoms with Crippen molar-refractivity contribution < 1.29 is 23.6 Å². The van der Waals surface area contributed by atoms with Gasteiger partial charge in [0.15, 0.2) is 0 Å². The van der Waals surface area contributed by atoms with Crippen LogP contribution in [-0.2, 0) is 24.6 Å². The molecule has 0 radical (unpaired) electrons. The molecule has 2 aromatic rings. The number of benzene rings is 2. The van der Waals surface area contributed by atoms with E-state index in [-0.39, 0.29) is 43.1 Å². The zero-order valence-corrected chi connectivity index (χ0v) is 19.5. The summed E-state index contributed by atoms with van der Waals surface area (Å²) in [5.41, 5.74) is -0.359. The number of piperazine rings is 1. The molecule has 182 valence electrons. The van der Waals surface area contributed by atoms with Crippen molar-refractivity contribution >= 4 is 29.3 Å². The number of halogens is 1. The van der Waals surface area contributed by atoms with Gasteiger partial charge in [-0.1, -0.05) is 43.2 Å². The topological polar surface area (TPSA) is 78.0 Å². The van der Waals surface area contributed by atoms with E-state index in [0.717, 1.165) is 31.4 Å². The van der Waals surface area contributed by atoms with E-state index >= 15 is 0 Å². The number of para-hydroxylation sites is 1. The van der Waals surface area contributed by atoms with Crippen molar-refractivity contribution in [2.75, 3.05) is 24.5 Å². The van der Waals surface area contributed by atoms with E-state index in [1.807, 2.05) is 30.3 Å². The lowest BCUT2D eigenvalue weighted by molar-refractivity contribution is -0.145. The van der Waals surface area contributed by atoms with E-state index in [0.29, 0.717) is 18.7 Å². The molecular weight excluding hydrogens is 449 g/mol. The molecule has 7 nitrogen and oxygen atoms in total. The zero-order chi connectivity index (χ0) is 24.6. The maximum absolute atomic E-state index is 14.2. The summed E-state index contributed by atoms with van der Waals surface area (Å²) in [5.74, 6) is -1.87. The van der Waals surface area contributed by atoms with Gasteiger partial charge in [-0.15, -0.1) is 0 Å². The quantitative estimate of drug-likeness (QED) is 0.621. The maximum Gasteiger partial charge on any atom is 0.246 e. The highest BCUT2D eigenvalue weighted by Crippen LogP contribution is 2.43. The van der Waals surface area contributed by atoms with Crippen LogP contribution >= 0.6 is 0 Å². The van der Waals surface area contributed by atoms with E-state index in [1.54, 1.807) is 11.0 Å². The third-order valence-corrected chi connectivity index (χ3v) is 7.51. The van der Waals surface area contributed by atoms with Crippen molar-refractivity contribution in [1.29, 1.82) is 0 Å². The normalized spacial score (nSPS) is 23.5. The molecule has 1 aliphatic carbocycles. The molecule has 8 heteroatoms. The van der Waals surface area contributed by atoms with Gasteiger partial charge in [0.1, 0.15) is 12.4 Å².